The molecule has 2 heteroatoms. The lowest BCUT2D eigenvalue weighted by Crippen LogP contribution is -1.83. The van der Waals surface area contributed by atoms with Gasteiger partial charge in [0, 0.05) is 9.80 Å². The smallest absolute Gasteiger partial charge is 0.0245 e. The normalized spacial score (nSPS) is 11.9. The Hall–Kier alpha value is -0.0800. The monoisotopic (exact) mass is 316 g/mol. The van der Waals surface area contributed by atoms with E-state index < -0.39 is 0 Å². The molecule has 14 heavy (non-hydrogen) atoms. The Kier molecular flexibility index (Phi) is 4.90. The second kappa shape index (κ2) is 5.72. The molecule has 1 aromatic carbocycles. The maximum absolute atomic E-state index is 3.50. The molecule has 1 rings (SSSR count). The predicted molar refractivity (Wildman–Crippen MR) is 70.9 cm³/mol. The third-order valence-corrected chi connectivity index (χ3v) is 3.79. The van der Waals surface area contributed by atoms with E-state index in [1.807, 2.05) is 0 Å². The summed E-state index contributed by atoms with van der Waals surface area (Å²) in [6.45, 7) is 4.29. The SMILES string of the molecule is CCC(=Cc1ccc(Br)c(C)c1)CBr. The molecule has 0 unspecified atom stereocenters. The van der Waals surface area contributed by atoms with Gasteiger partial charge in [0.1, 0.15) is 0 Å². The Morgan fingerprint density at radius 1 is 1.43 bits per heavy atom. The molecular formula is C12H14Br2. The van der Waals surface area contributed by atoms with Crippen molar-refractivity contribution in [2.24, 2.45) is 0 Å². The molecule has 1 aromatic rings. The van der Waals surface area contributed by atoms with Gasteiger partial charge >= 0.3 is 0 Å². The molecule has 0 fully saturated rings. The van der Waals surface area contributed by atoms with E-state index in [-0.39, 0.29) is 0 Å². The minimum absolute atomic E-state index is 0.957. The standard InChI is InChI=1S/C12H14Br2/c1-3-10(8-13)7-11-4-5-12(14)9(2)6-11/h4-7H,3,8H2,1-2H3. The molecule has 0 radical (unpaired) electrons. The largest absolute Gasteiger partial charge is 0.0880 e. The van der Waals surface area contributed by atoms with Crippen molar-refractivity contribution in [2.75, 3.05) is 5.33 Å². The van der Waals surface area contributed by atoms with Crippen LogP contribution in [-0.2, 0) is 0 Å². The number of rotatable bonds is 3. The van der Waals surface area contributed by atoms with Crippen LogP contribution in [-0.4, -0.2) is 5.33 Å². The van der Waals surface area contributed by atoms with E-state index in [1.165, 1.54) is 21.2 Å². The highest BCUT2D eigenvalue weighted by Crippen LogP contribution is 2.19. The quantitative estimate of drug-likeness (QED) is 0.692. The van der Waals surface area contributed by atoms with Crippen LogP contribution in [0.2, 0.25) is 0 Å². The van der Waals surface area contributed by atoms with Gasteiger partial charge in [-0.2, -0.15) is 0 Å². The van der Waals surface area contributed by atoms with Crippen molar-refractivity contribution in [1.29, 1.82) is 0 Å². The van der Waals surface area contributed by atoms with Crippen molar-refractivity contribution < 1.29 is 0 Å². The highest BCUT2D eigenvalue weighted by atomic mass is 79.9. The first kappa shape index (κ1) is 12.0. The molecule has 0 aliphatic rings. The summed E-state index contributed by atoms with van der Waals surface area (Å²) in [5, 5.41) is 0.957. The van der Waals surface area contributed by atoms with Gasteiger partial charge in [-0.15, -0.1) is 0 Å². The molecule has 0 atom stereocenters. The molecule has 0 aliphatic carbocycles. The van der Waals surface area contributed by atoms with E-state index in [9.17, 15) is 0 Å². The van der Waals surface area contributed by atoms with Gasteiger partial charge in [0.05, 0.1) is 0 Å². The summed E-state index contributed by atoms with van der Waals surface area (Å²) in [6.07, 6.45) is 3.34. The molecule has 0 aliphatic heterocycles. The van der Waals surface area contributed by atoms with E-state index in [2.05, 4.69) is 70.0 Å². The van der Waals surface area contributed by atoms with Crippen LogP contribution in [0.25, 0.3) is 6.08 Å². The average Bonchev–Trinajstić information content (AvgIpc) is 2.19. The second-order valence-electron chi connectivity index (χ2n) is 3.30. The fourth-order valence-corrected chi connectivity index (χ4v) is 2.03. The summed E-state index contributed by atoms with van der Waals surface area (Å²) in [5.74, 6) is 0. The van der Waals surface area contributed by atoms with Gasteiger partial charge in [-0.3, -0.25) is 0 Å². The first-order valence-electron chi connectivity index (χ1n) is 4.69. The minimum atomic E-state index is 0.957. The molecular weight excluding hydrogens is 304 g/mol. The van der Waals surface area contributed by atoms with Crippen molar-refractivity contribution in [3.63, 3.8) is 0 Å². The van der Waals surface area contributed by atoms with Crippen LogP contribution in [0, 0.1) is 6.92 Å². The summed E-state index contributed by atoms with van der Waals surface area (Å²) in [7, 11) is 0. The Labute approximate surface area is 103 Å². The number of hydrogen-bond donors (Lipinski definition) is 0. The molecule has 0 bridgehead atoms. The predicted octanol–water partition coefficient (Wildman–Crippen LogP) is 4.95. The number of halogens is 2. The summed E-state index contributed by atoms with van der Waals surface area (Å²) in [4.78, 5) is 0. The third kappa shape index (κ3) is 3.25. The van der Waals surface area contributed by atoms with E-state index in [0.717, 1.165) is 11.8 Å². The lowest BCUT2D eigenvalue weighted by molar-refractivity contribution is 1.12. The number of benzene rings is 1. The second-order valence-corrected chi connectivity index (χ2v) is 4.71. The number of hydrogen-bond acceptors (Lipinski definition) is 0. The summed E-state index contributed by atoms with van der Waals surface area (Å²) in [5.41, 5.74) is 3.98. The first-order valence-corrected chi connectivity index (χ1v) is 6.60. The first-order chi connectivity index (χ1) is 6.67. The maximum atomic E-state index is 3.50. The number of aryl methyl sites for hydroxylation is 1. The van der Waals surface area contributed by atoms with Crippen LogP contribution < -0.4 is 0 Å². The number of allylic oxidation sites excluding steroid dienone is 1. The van der Waals surface area contributed by atoms with Crippen LogP contribution in [0.15, 0.2) is 28.2 Å². The van der Waals surface area contributed by atoms with E-state index in [1.54, 1.807) is 0 Å². The van der Waals surface area contributed by atoms with E-state index in [4.69, 9.17) is 0 Å². The molecule has 0 saturated carbocycles. The van der Waals surface area contributed by atoms with Crippen LogP contribution in [0.1, 0.15) is 24.5 Å². The fourth-order valence-electron chi connectivity index (χ4n) is 1.23. The van der Waals surface area contributed by atoms with Crippen molar-refractivity contribution >= 4 is 37.9 Å². The van der Waals surface area contributed by atoms with Crippen LogP contribution in [0.5, 0.6) is 0 Å². The van der Waals surface area contributed by atoms with Gasteiger partial charge in [0.25, 0.3) is 0 Å². The van der Waals surface area contributed by atoms with Gasteiger partial charge in [-0.1, -0.05) is 62.6 Å². The van der Waals surface area contributed by atoms with E-state index >= 15 is 0 Å². The highest BCUT2D eigenvalue weighted by Gasteiger charge is 1.96. The molecule has 0 amide bonds. The molecule has 0 spiro atoms. The van der Waals surface area contributed by atoms with Crippen LogP contribution in [0.4, 0.5) is 0 Å². The average molecular weight is 318 g/mol. The molecule has 0 N–H and O–H groups in total. The molecule has 0 saturated heterocycles. The maximum Gasteiger partial charge on any atom is 0.0245 e. The summed E-state index contributed by atoms with van der Waals surface area (Å²) in [6, 6.07) is 6.43. The third-order valence-electron chi connectivity index (χ3n) is 2.18. The zero-order valence-corrected chi connectivity index (χ0v) is 11.7. The highest BCUT2D eigenvalue weighted by molar-refractivity contribution is 9.10. The van der Waals surface area contributed by atoms with E-state index in [0.29, 0.717) is 0 Å². The van der Waals surface area contributed by atoms with Crippen molar-refractivity contribution in [3.05, 3.63) is 39.4 Å². The van der Waals surface area contributed by atoms with Gasteiger partial charge < -0.3 is 0 Å². The Balaban J connectivity index is 2.97. The lowest BCUT2D eigenvalue weighted by Gasteiger charge is -2.02. The number of alkyl halides is 1. The van der Waals surface area contributed by atoms with Gasteiger partial charge in [-0.05, 0) is 30.5 Å². The Bertz CT molecular complexity index is 334. The van der Waals surface area contributed by atoms with Crippen LogP contribution in [0.3, 0.4) is 0 Å². The molecule has 0 nitrogen and oxygen atoms in total. The van der Waals surface area contributed by atoms with Gasteiger partial charge in [0.15, 0.2) is 0 Å². The molecule has 0 heterocycles. The van der Waals surface area contributed by atoms with Crippen molar-refractivity contribution in [1.82, 2.24) is 0 Å². The van der Waals surface area contributed by atoms with Crippen LogP contribution >= 0.6 is 31.9 Å². The van der Waals surface area contributed by atoms with Crippen molar-refractivity contribution in [2.45, 2.75) is 20.3 Å². The fraction of sp³-hybridized carbons (Fsp3) is 0.333. The summed E-state index contributed by atoms with van der Waals surface area (Å²) < 4.78 is 1.17. The molecule has 76 valence electrons. The Morgan fingerprint density at radius 2 is 2.14 bits per heavy atom. The minimum Gasteiger partial charge on any atom is -0.0880 e. The van der Waals surface area contributed by atoms with Gasteiger partial charge in [-0.25, -0.2) is 0 Å². The molecule has 0 aromatic heterocycles. The lowest BCUT2D eigenvalue weighted by atomic mass is 10.1. The van der Waals surface area contributed by atoms with Crippen molar-refractivity contribution in [3.8, 4) is 0 Å². The zero-order chi connectivity index (χ0) is 10.6. The topological polar surface area (TPSA) is 0 Å². The Morgan fingerprint density at radius 3 is 2.64 bits per heavy atom. The summed E-state index contributed by atoms with van der Waals surface area (Å²) >= 11 is 6.99. The zero-order valence-electron chi connectivity index (χ0n) is 8.48. The van der Waals surface area contributed by atoms with Gasteiger partial charge in [0.2, 0.25) is 0 Å².